The van der Waals surface area contributed by atoms with Crippen LogP contribution in [0.15, 0.2) is 47.5 Å². The predicted octanol–water partition coefficient (Wildman–Crippen LogP) is 3.07. The first-order valence-electron chi connectivity index (χ1n) is 11.3. The van der Waals surface area contributed by atoms with E-state index in [1.807, 2.05) is 4.90 Å². The summed E-state index contributed by atoms with van der Waals surface area (Å²) in [7, 11) is 3.03. The number of fused-ring (bicyclic) bond motifs is 1. The van der Waals surface area contributed by atoms with Crippen LogP contribution in [0, 0.1) is 0 Å². The van der Waals surface area contributed by atoms with Crippen molar-refractivity contribution < 1.29 is 19.1 Å². The molecule has 0 unspecified atom stereocenters. The van der Waals surface area contributed by atoms with Crippen LogP contribution in [0.3, 0.4) is 0 Å². The number of carbonyl (C=O) groups is 2. The summed E-state index contributed by atoms with van der Waals surface area (Å²) in [6.07, 6.45) is 4.21. The second kappa shape index (κ2) is 10.4. The van der Waals surface area contributed by atoms with Crippen LogP contribution in [0.5, 0.6) is 11.5 Å². The lowest BCUT2D eigenvalue weighted by atomic mass is 10.1. The van der Waals surface area contributed by atoms with Gasteiger partial charge in [-0.3, -0.25) is 19.0 Å². The van der Waals surface area contributed by atoms with Gasteiger partial charge in [-0.2, -0.15) is 0 Å². The van der Waals surface area contributed by atoms with E-state index < -0.39 is 0 Å². The third-order valence-corrected chi connectivity index (χ3v) is 5.92. The molecule has 0 radical (unpaired) electrons. The molecule has 34 heavy (non-hydrogen) atoms. The smallest absolute Gasteiger partial charge is 0.261 e. The monoisotopic (exact) mass is 464 g/mol. The van der Waals surface area contributed by atoms with E-state index in [-0.39, 0.29) is 23.8 Å². The highest BCUT2D eigenvalue weighted by atomic mass is 16.5. The number of nitrogens with one attached hydrogen (secondary N) is 1. The van der Waals surface area contributed by atoms with Crippen LogP contribution in [0.25, 0.3) is 10.9 Å². The maximum absolute atomic E-state index is 12.9. The minimum Gasteiger partial charge on any atom is -0.493 e. The summed E-state index contributed by atoms with van der Waals surface area (Å²) in [4.78, 5) is 44.1. The largest absolute Gasteiger partial charge is 0.493 e. The van der Waals surface area contributed by atoms with E-state index in [4.69, 9.17) is 9.47 Å². The van der Waals surface area contributed by atoms with Gasteiger partial charge in [0, 0.05) is 43.4 Å². The minimum atomic E-state index is -0.209. The van der Waals surface area contributed by atoms with Gasteiger partial charge in [0.25, 0.3) is 11.5 Å². The van der Waals surface area contributed by atoms with Crippen molar-refractivity contribution in [1.82, 2.24) is 14.5 Å². The zero-order valence-corrected chi connectivity index (χ0v) is 19.4. The Morgan fingerprint density at radius 1 is 1.06 bits per heavy atom. The average Bonchev–Trinajstić information content (AvgIpc) is 3.39. The van der Waals surface area contributed by atoms with E-state index in [0.29, 0.717) is 46.6 Å². The average molecular weight is 465 g/mol. The van der Waals surface area contributed by atoms with Crippen molar-refractivity contribution in [2.75, 3.05) is 32.6 Å². The lowest BCUT2D eigenvalue weighted by Gasteiger charge is -2.15. The maximum atomic E-state index is 12.9. The third-order valence-electron chi connectivity index (χ3n) is 5.92. The molecule has 1 aromatic heterocycles. The van der Waals surface area contributed by atoms with Crippen LogP contribution in [-0.4, -0.2) is 53.6 Å². The summed E-state index contributed by atoms with van der Waals surface area (Å²) in [6.45, 7) is 1.90. The first kappa shape index (κ1) is 23.3. The number of methoxy groups -OCH3 is 2. The molecule has 178 valence electrons. The Hall–Kier alpha value is -3.88. The van der Waals surface area contributed by atoms with E-state index in [1.165, 1.54) is 25.1 Å². The molecule has 1 aliphatic rings. The van der Waals surface area contributed by atoms with E-state index >= 15 is 0 Å². The van der Waals surface area contributed by atoms with Gasteiger partial charge in [0.15, 0.2) is 11.5 Å². The molecular formula is C25H28N4O5. The normalized spacial score (nSPS) is 13.2. The number of benzene rings is 2. The predicted molar refractivity (Wildman–Crippen MR) is 129 cm³/mol. The maximum Gasteiger partial charge on any atom is 0.261 e. The quantitative estimate of drug-likeness (QED) is 0.550. The first-order valence-corrected chi connectivity index (χ1v) is 11.3. The molecule has 1 saturated heterocycles. The van der Waals surface area contributed by atoms with Crippen LogP contribution < -0.4 is 20.3 Å². The van der Waals surface area contributed by atoms with Crippen LogP contribution in [-0.2, 0) is 11.3 Å². The Bertz CT molecular complexity index is 1260. The molecule has 1 N–H and O–H groups in total. The van der Waals surface area contributed by atoms with Crippen molar-refractivity contribution in [2.45, 2.75) is 32.2 Å². The Morgan fingerprint density at radius 3 is 2.53 bits per heavy atom. The van der Waals surface area contributed by atoms with Gasteiger partial charge in [-0.25, -0.2) is 4.98 Å². The van der Waals surface area contributed by atoms with Crippen molar-refractivity contribution in [3.63, 3.8) is 0 Å². The van der Waals surface area contributed by atoms with Gasteiger partial charge in [-0.1, -0.05) is 6.07 Å². The van der Waals surface area contributed by atoms with Gasteiger partial charge < -0.3 is 19.7 Å². The summed E-state index contributed by atoms with van der Waals surface area (Å²) in [5.74, 6) is 0.768. The minimum absolute atomic E-state index is 0.00831. The molecule has 9 heteroatoms. The van der Waals surface area contributed by atoms with Crippen LogP contribution in [0.2, 0.25) is 0 Å². The fourth-order valence-electron chi connectivity index (χ4n) is 4.11. The van der Waals surface area contributed by atoms with Crippen LogP contribution >= 0.6 is 0 Å². The van der Waals surface area contributed by atoms with Crippen molar-refractivity contribution in [3.05, 3.63) is 58.6 Å². The summed E-state index contributed by atoms with van der Waals surface area (Å²) in [5.41, 5.74) is 1.46. The molecule has 4 rings (SSSR count). The summed E-state index contributed by atoms with van der Waals surface area (Å²) < 4.78 is 12.0. The van der Waals surface area contributed by atoms with Gasteiger partial charge >= 0.3 is 0 Å². The topological polar surface area (TPSA) is 103 Å². The summed E-state index contributed by atoms with van der Waals surface area (Å²) in [6, 6.07) is 10.3. The number of hydrogen-bond donors (Lipinski definition) is 1. The standard InChI is InChI=1S/C25H28N4O5/c1-33-21-14-19-20(15-22(21)34-2)26-16-29(25(19)32)12-6-9-23(30)27-18-8-5-7-17(13-18)24(31)28-10-3-4-11-28/h5,7-8,13-16H,3-4,6,9-12H2,1-2H3,(H,27,30). The highest BCUT2D eigenvalue weighted by Gasteiger charge is 2.19. The lowest BCUT2D eigenvalue weighted by molar-refractivity contribution is -0.116. The molecule has 1 aliphatic heterocycles. The molecule has 0 saturated carbocycles. The Morgan fingerprint density at radius 2 is 1.79 bits per heavy atom. The van der Waals surface area contributed by atoms with E-state index in [1.54, 1.807) is 36.4 Å². The van der Waals surface area contributed by atoms with Gasteiger partial charge in [0.2, 0.25) is 5.91 Å². The number of ether oxygens (including phenoxy) is 2. The van der Waals surface area contributed by atoms with Crippen molar-refractivity contribution in [2.24, 2.45) is 0 Å². The number of aryl methyl sites for hydroxylation is 1. The molecule has 2 heterocycles. The highest BCUT2D eigenvalue weighted by molar-refractivity contribution is 5.97. The molecule has 0 spiro atoms. The van der Waals surface area contributed by atoms with E-state index in [9.17, 15) is 14.4 Å². The fraction of sp³-hybridized carbons (Fsp3) is 0.360. The first-order chi connectivity index (χ1) is 16.5. The number of rotatable bonds is 8. The lowest BCUT2D eigenvalue weighted by Crippen LogP contribution is -2.27. The Labute approximate surface area is 197 Å². The number of hydrogen-bond acceptors (Lipinski definition) is 6. The molecule has 2 amide bonds. The third kappa shape index (κ3) is 5.03. The van der Waals surface area contributed by atoms with Crippen molar-refractivity contribution in [1.29, 1.82) is 0 Å². The van der Waals surface area contributed by atoms with Crippen molar-refractivity contribution >= 4 is 28.4 Å². The Balaban J connectivity index is 1.37. The highest BCUT2D eigenvalue weighted by Crippen LogP contribution is 2.29. The second-order valence-electron chi connectivity index (χ2n) is 8.20. The molecule has 2 aromatic carbocycles. The zero-order valence-electron chi connectivity index (χ0n) is 19.4. The second-order valence-corrected chi connectivity index (χ2v) is 8.20. The summed E-state index contributed by atoms with van der Waals surface area (Å²) >= 11 is 0. The molecule has 0 atom stereocenters. The van der Waals surface area contributed by atoms with E-state index in [0.717, 1.165) is 25.9 Å². The number of likely N-dealkylation sites (tertiary alicyclic amines) is 1. The molecular weight excluding hydrogens is 436 g/mol. The molecule has 1 fully saturated rings. The van der Waals surface area contributed by atoms with Crippen molar-refractivity contribution in [3.8, 4) is 11.5 Å². The van der Waals surface area contributed by atoms with Gasteiger partial charge in [0.1, 0.15) is 0 Å². The SMILES string of the molecule is COc1cc2ncn(CCCC(=O)Nc3cccc(C(=O)N4CCCC4)c3)c(=O)c2cc1OC. The molecule has 9 nitrogen and oxygen atoms in total. The molecule has 3 aromatic rings. The number of aromatic nitrogens is 2. The molecule has 0 bridgehead atoms. The van der Waals surface area contributed by atoms with E-state index in [2.05, 4.69) is 10.3 Å². The van der Waals surface area contributed by atoms with Gasteiger partial charge in [-0.15, -0.1) is 0 Å². The van der Waals surface area contributed by atoms with Gasteiger partial charge in [0.05, 0.1) is 31.4 Å². The number of carbonyl (C=O) groups excluding carboxylic acids is 2. The fourth-order valence-corrected chi connectivity index (χ4v) is 4.11. The number of anilines is 1. The molecule has 0 aliphatic carbocycles. The van der Waals surface area contributed by atoms with Crippen LogP contribution in [0.1, 0.15) is 36.0 Å². The number of nitrogens with zero attached hydrogens (tertiary/aromatic N) is 3. The Kier molecular flexibility index (Phi) is 7.10. The van der Waals surface area contributed by atoms with Crippen LogP contribution in [0.4, 0.5) is 5.69 Å². The number of amides is 2. The summed E-state index contributed by atoms with van der Waals surface area (Å²) in [5, 5.41) is 3.26. The zero-order chi connectivity index (χ0) is 24.1. The van der Waals surface area contributed by atoms with Gasteiger partial charge in [-0.05, 0) is 43.5 Å².